The lowest BCUT2D eigenvalue weighted by Crippen LogP contribution is -2.12. The second-order valence-electron chi connectivity index (χ2n) is 3.89. The molecule has 0 aliphatic rings. The molecule has 0 aliphatic heterocycles. The van der Waals surface area contributed by atoms with Crippen LogP contribution in [0.15, 0.2) is 24.3 Å². The number of ether oxygens (including phenoxy) is 2. The van der Waals surface area contributed by atoms with Crippen molar-refractivity contribution in [2.75, 3.05) is 31.8 Å². The van der Waals surface area contributed by atoms with Crippen molar-refractivity contribution in [1.82, 2.24) is 0 Å². The van der Waals surface area contributed by atoms with Crippen molar-refractivity contribution >= 4 is 10.8 Å². The molecule has 1 aromatic carbocycles. The third-order valence-electron chi connectivity index (χ3n) is 2.46. The van der Waals surface area contributed by atoms with E-state index in [-0.39, 0.29) is 0 Å². The lowest BCUT2D eigenvalue weighted by Gasteiger charge is -2.06. The first kappa shape index (κ1) is 15.1. The monoisotopic (exact) mass is 271 g/mol. The number of benzene rings is 1. The minimum absolute atomic E-state index is 0.474. The molecule has 18 heavy (non-hydrogen) atoms. The van der Waals surface area contributed by atoms with Gasteiger partial charge in [-0.1, -0.05) is 12.1 Å². The van der Waals surface area contributed by atoms with Crippen molar-refractivity contribution < 1.29 is 13.7 Å². The third kappa shape index (κ3) is 6.14. The minimum atomic E-state index is -0.826. The second kappa shape index (κ2) is 9.08. The van der Waals surface area contributed by atoms with Crippen LogP contribution >= 0.6 is 0 Å². The quantitative estimate of drug-likeness (QED) is 0.688. The molecule has 1 aromatic rings. The van der Waals surface area contributed by atoms with Crippen LogP contribution in [0.25, 0.3) is 0 Å². The molecule has 0 saturated carbocycles. The highest BCUT2D eigenvalue weighted by atomic mass is 32.2. The van der Waals surface area contributed by atoms with E-state index in [1.54, 1.807) is 7.11 Å². The van der Waals surface area contributed by atoms with Gasteiger partial charge in [0.1, 0.15) is 5.75 Å². The van der Waals surface area contributed by atoms with Gasteiger partial charge in [-0.05, 0) is 24.1 Å². The highest BCUT2D eigenvalue weighted by Crippen LogP contribution is 2.11. The Bertz CT molecular complexity index is 354. The van der Waals surface area contributed by atoms with Crippen molar-refractivity contribution in [1.29, 1.82) is 0 Å². The fourth-order valence-corrected chi connectivity index (χ4v) is 2.35. The summed E-state index contributed by atoms with van der Waals surface area (Å²) in [6.07, 6.45) is 0.828. The molecule has 0 amide bonds. The molecule has 0 bridgehead atoms. The number of hydrogen-bond donors (Lipinski definition) is 1. The molecule has 0 heterocycles. The molecular weight excluding hydrogens is 250 g/mol. The van der Waals surface area contributed by atoms with Crippen molar-refractivity contribution in [2.24, 2.45) is 5.73 Å². The van der Waals surface area contributed by atoms with E-state index in [1.807, 2.05) is 24.3 Å². The number of nitrogens with two attached hydrogens (primary N) is 1. The molecule has 0 fully saturated rings. The average Bonchev–Trinajstić information content (AvgIpc) is 2.40. The van der Waals surface area contributed by atoms with E-state index < -0.39 is 10.8 Å². The zero-order valence-corrected chi connectivity index (χ0v) is 11.6. The largest absolute Gasteiger partial charge is 0.493 e. The summed E-state index contributed by atoms with van der Waals surface area (Å²) < 4.78 is 22.0. The Morgan fingerprint density at radius 3 is 2.50 bits per heavy atom. The Balaban J connectivity index is 2.18. The Labute approximate surface area is 111 Å². The van der Waals surface area contributed by atoms with E-state index in [0.717, 1.165) is 17.7 Å². The van der Waals surface area contributed by atoms with Gasteiger partial charge < -0.3 is 15.2 Å². The molecule has 1 atom stereocenters. The van der Waals surface area contributed by atoms with Crippen molar-refractivity contribution in [3.8, 4) is 5.75 Å². The molecular formula is C13H21NO3S. The number of hydrogen-bond acceptors (Lipinski definition) is 4. The van der Waals surface area contributed by atoms with Gasteiger partial charge in [0.25, 0.3) is 0 Å². The normalized spacial score (nSPS) is 12.3. The van der Waals surface area contributed by atoms with Crippen LogP contribution in [0.4, 0.5) is 0 Å². The summed E-state index contributed by atoms with van der Waals surface area (Å²) in [5.41, 5.74) is 6.58. The van der Waals surface area contributed by atoms with Crippen molar-refractivity contribution in [3.63, 3.8) is 0 Å². The highest BCUT2D eigenvalue weighted by Gasteiger charge is 2.01. The fourth-order valence-electron chi connectivity index (χ4n) is 1.44. The smallest absolute Gasteiger partial charge is 0.119 e. The van der Waals surface area contributed by atoms with Crippen LogP contribution in [0.3, 0.4) is 0 Å². The molecule has 0 aliphatic carbocycles. The van der Waals surface area contributed by atoms with Gasteiger partial charge in [-0.25, -0.2) is 0 Å². The molecule has 0 radical (unpaired) electrons. The maximum absolute atomic E-state index is 11.6. The van der Waals surface area contributed by atoms with Crippen LogP contribution in [0.2, 0.25) is 0 Å². The second-order valence-corrected chi connectivity index (χ2v) is 5.59. The van der Waals surface area contributed by atoms with Crippen molar-refractivity contribution in [2.45, 2.75) is 13.0 Å². The first-order valence-electron chi connectivity index (χ1n) is 6.02. The summed E-state index contributed by atoms with van der Waals surface area (Å²) in [5, 5.41) is 0. The molecule has 0 aromatic heterocycles. The molecule has 0 spiro atoms. The Morgan fingerprint density at radius 1 is 1.17 bits per heavy atom. The lowest BCUT2D eigenvalue weighted by molar-refractivity contribution is 0.200. The van der Waals surface area contributed by atoms with Crippen LogP contribution in [0.5, 0.6) is 5.75 Å². The maximum atomic E-state index is 11.6. The van der Waals surface area contributed by atoms with Crippen LogP contribution in [-0.2, 0) is 22.1 Å². The van der Waals surface area contributed by atoms with Crippen LogP contribution in [0, 0.1) is 0 Å². The van der Waals surface area contributed by atoms with Gasteiger partial charge in [-0.3, -0.25) is 4.21 Å². The predicted octanol–water partition coefficient (Wildman–Crippen LogP) is 1.31. The summed E-state index contributed by atoms with van der Waals surface area (Å²) in [7, 11) is 0.824. The third-order valence-corrected chi connectivity index (χ3v) is 3.83. The Morgan fingerprint density at radius 2 is 1.89 bits per heavy atom. The van der Waals surface area contributed by atoms with Crippen molar-refractivity contribution in [3.05, 3.63) is 29.8 Å². The molecule has 2 N–H and O–H groups in total. The van der Waals surface area contributed by atoms with Gasteiger partial charge in [0.05, 0.1) is 12.4 Å². The van der Waals surface area contributed by atoms with Gasteiger partial charge in [-0.2, -0.15) is 0 Å². The summed E-state index contributed by atoms with van der Waals surface area (Å²) in [6, 6.07) is 7.64. The van der Waals surface area contributed by atoms with Gasteiger partial charge in [-0.15, -0.1) is 0 Å². The van der Waals surface area contributed by atoms with Crippen LogP contribution in [-0.4, -0.2) is 36.0 Å². The molecule has 1 rings (SSSR count). The van der Waals surface area contributed by atoms with Gasteiger partial charge >= 0.3 is 0 Å². The average molecular weight is 271 g/mol. The molecule has 5 heteroatoms. The zero-order chi connectivity index (χ0) is 13.2. The Kier molecular flexibility index (Phi) is 7.64. The molecule has 4 nitrogen and oxygen atoms in total. The highest BCUT2D eigenvalue weighted by molar-refractivity contribution is 7.84. The topological polar surface area (TPSA) is 61.5 Å². The number of rotatable bonds is 9. The standard InChI is InChI=1S/C13H21NO3S/c1-16-7-2-9-18(15)10-8-17-13-5-3-12(11-14)4-6-13/h3-6H,2,7-11,14H2,1H3. The minimum Gasteiger partial charge on any atom is -0.493 e. The zero-order valence-electron chi connectivity index (χ0n) is 10.8. The van der Waals surface area contributed by atoms with E-state index in [4.69, 9.17) is 15.2 Å². The molecule has 0 saturated heterocycles. The van der Waals surface area contributed by atoms with Gasteiger partial charge in [0.2, 0.25) is 0 Å². The summed E-state index contributed by atoms with van der Waals surface area (Å²) in [6.45, 7) is 1.67. The molecule has 102 valence electrons. The van der Waals surface area contributed by atoms with E-state index in [2.05, 4.69) is 0 Å². The summed E-state index contributed by atoms with van der Waals surface area (Å²) >= 11 is 0. The molecule has 1 unspecified atom stereocenters. The van der Waals surface area contributed by atoms with Gasteiger partial charge in [0, 0.05) is 36.8 Å². The van der Waals surface area contributed by atoms with E-state index in [0.29, 0.717) is 31.3 Å². The fraction of sp³-hybridized carbons (Fsp3) is 0.538. The first-order valence-corrected chi connectivity index (χ1v) is 7.50. The summed E-state index contributed by atoms with van der Waals surface area (Å²) in [5.74, 6) is 2.02. The van der Waals surface area contributed by atoms with E-state index >= 15 is 0 Å². The Hall–Kier alpha value is -0.910. The SMILES string of the molecule is COCCCS(=O)CCOc1ccc(CN)cc1. The first-order chi connectivity index (χ1) is 8.76. The van der Waals surface area contributed by atoms with Crippen LogP contribution < -0.4 is 10.5 Å². The predicted molar refractivity (Wildman–Crippen MR) is 74.2 cm³/mol. The van der Waals surface area contributed by atoms with Crippen LogP contribution in [0.1, 0.15) is 12.0 Å². The van der Waals surface area contributed by atoms with Gasteiger partial charge in [0.15, 0.2) is 0 Å². The summed E-state index contributed by atoms with van der Waals surface area (Å²) in [4.78, 5) is 0. The lowest BCUT2D eigenvalue weighted by atomic mass is 10.2. The maximum Gasteiger partial charge on any atom is 0.119 e. The number of methoxy groups -OCH3 is 1. The van der Waals surface area contributed by atoms with E-state index in [1.165, 1.54) is 0 Å². The van der Waals surface area contributed by atoms with E-state index in [9.17, 15) is 4.21 Å².